The summed E-state index contributed by atoms with van der Waals surface area (Å²) in [6.07, 6.45) is 2.93. The summed E-state index contributed by atoms with van der Waals surface area (Å²) in [7, 11) is -2.87. The summed E-state index contributed by atoms with van der Waals surface area (Å²) in [5, 5.41) is 0. The third kappa shape index (κ3) is 4.28. The smallest absolute Gasteiger partial charge is 0.150 e. The molecule has 0 aliphatic carbocycles. The van der Waals surface area contributed by atoms with E-state index in [1.54, 1.807) is 13.1 Å². The average molecular weight is 242 g/mol. The molecule has 90 valence electrons. The van der Waals surface area contributed by atoms with Gasteiger partial charge in [-0.3, -0.25) is 4.98 Å². The van der Waals surface area contributed by atoms with Crippen LogP contribution in [-0.2, 0) is 9.84 Å². The Kier molecular flexibility index (Phi) is 4.89. The van der Waals surface area contributed by atoms with Crippen molar-refractivity contribution in [3.63, 3.8) is 0 Å². The molecule has 0 saturated carbocycles. The van der Waals surface area contributed by atoms with Gasteiger partial charge in [0, 0.05) is 18.0 Å². The third-order valence-corrected chi connectivity index (χ3v) is 4.27. The molecule has 0 amide bonds. The fourth-order valence-corrected chi connectivity index (χ4v) is 2.31. The second-order valence-corrected chi connectivity index (χ2v) is 6.21. The molecule has 1 aromatic heterocycles. The van der Waals surface area contributed by atoms with Crippen molar-refractivity contribution in [3.8, 4) is 0 Å². The standard InChI is InChI=1S/C11H18N2O2S/c1-2-16(14,15)9-5-6-10(12)11-7-3-4-8-13-11/h3-4,7-8,10H,2,5-6,9,12H2,1H3. The van der Waals surface area contributed by atoms with Crippen molar-refractivity contribution in [3.05, 3.63) is 30.1 Å². The predicted molar refractivity (Wildman–Crippen MR) is 64.7 cm³/mol. The molecule has 0 fully saturated rings. The molecule has 0 aromatic carbocycles. The number of hydrogen-bond acceptors (Lipinski definition) is 4. The maximum absolute atomic E-state index is 11.3. The van der Waals surface area contributed by atoms with Crippen LogP contribution < -0.4 is 5.73 Å². The summed E-state index contributed by atoms with van der Waals surface area (Å²) in [5.74, 6) is 0.413. The van der Waals surface area contributed by atoms with E-state index in [0.717, 1.165) is 5.69 Å². The van der Waals surface area contributed by atoms with Gasteiger partial charge < -0.3 is 5.73 Å². The van der Waals surface area contributed by atoms with Crippen LogP contribution in [0.25, 0.3) is 0 Å². The lowest BCUT2D eigenvalue weighted by molar-refractivity contribution is 0.580. The van der Waals surface area contributed by atoms with Gasteiger partial charge in [-0.05, 0) is 25.0 Å². The molecule has 1 heterocycles. The third-order valence-electron chi connectivity index (χ3n) is 2.48. The molecule has 2 N–H and O–H groups in total. The minimum absolute atomic E-state index is 0.173. The van der Waals surface area contributed by atoms with E-state index >= 15 is 0 Å². The van der Waals surface area contributed by atoms with Gasteiger partial charge in [0.2, 0.25) is 0 Å². The van der Waals surface area contributed by atoms with E-state index in [1.807, 2.05) is 18.2 Å². The largest absolute Gasteiger partial charge is 0.323 e. The monoisotopic (exact) mass is 242 g/mol. The van der Waals surface area contributed by atoms with Crippen LogP contribution in [0.5, 0.6) is 0 Å². The SMILES string of the molecule is CCS(=O)(=O)CCCC(N)c1ccccn1. The first kappa shape index (κ1) is 13.1. The molecular formula is C11H18N2O2S. The highest BCUT2D eigenvalue weighted by Crippen LogP contribution is 2.13. The van der Waals surface area contributed by atoms with Crippen LogP contribution in [-0.4, -0.2) is 24.9 Å². The minimum Gasteiger partial charge on any atom is -0.323 e. The Morgan fingerprint density at radius 2 is 2.19 bits per heavy atom. The van der Waals surface area contributed by atoms with Crippen molar-refractivity contribution in [2.75, 3.05) is 11.5 Å². The van der Waals surface area contributed by atoms with Crippen LogP contribution in [0, 0.1) is 0 Å². The summed E-state index contributed by atoms with van der Waals surface area (Å²) in [6.45, 7) is 1.66. The molecule has 4 nitrogen and oxygen atoms in total. The van der Waals surface area contributed by atoms with Crippen LogP contribution in [0.1, 0.15) is 31.5 Å². The lowest BCUT2D eigenvalue weighted by atomic mass is 10.1. The molecule has 0 aliphatic heterocycles. The molecular weight excluding hydrogens is 224 g/mol. The lowest BCUT2D eigenvalue weighted by Crippen LogP contribution is -2.15. The molecule has 1 atom stereocenters. The Morgan fingerprint density at radius 1 is 1.44 bits per heavy atom. The van der Waals surface area contributed by atoms with Gasteiger partial charge in [0.15, 0.2) is 0 Å². The molecule has 5 heteroatoms. The van der Waals surface area contributed by atoms with Crippen molar-refractivity contribution in [2.24, 2.45) is 5.73 Å². The molecule has 0 aliphatic rings. The van der Waals surface area contributed by atoms with Crippen LogP contribution in [0.2, 0.25) is 0 Å². The van der Waals surface area contributed by atoms with E-state index in [9.17, 15) is 8.42 Å². The second-order valence-electron chi connectivity index (χ2n) is 3.74. The highest BCUT2D eigenvalue weighted by atomic mass is 32.2. The first-order valence-electron chi connectivity index (χ1n) is 5.42. The van der Waals surface area contributed by atoms with Gasteiger partial charge in [-0.25, -0.2) is 8.42 Å². The molecule has 16 heavy (non-hydrogen) atoms. The molecule has 1 rings (SSSR count). The van der Waals surface area contributed by atoms with E-state index in [2.05, 4.69) is 4.98 Å². The summed E-state index contributed by atoms with van der Waals surface area (Å²) < 4.78 is 22.5. The highest BCUT2D eigenvalue weighted by Gasteiger charge is 2.10. The Hall–Kier alpha value is -0.940. The number of hydrogen-bond donors (Lipinski definition) is 1. The number of rotatable bonds is 6. The maximum atomic E-state index is 11.3. The van der Waals surface area contributed by atoms with E-state index < -0.39 is 9.84 Å². The molecule has 0 saturated heterocycles. The van der Waals surface area contributed by atoms with Crippen molar-refractivity contribution in [1.82, 2.24) is 4.98 Å². The normalized spacial score (nSPS) is 13.6. The number of pyridine rings is 1. The van der Waals surface area contributed by atoms with Crippen molar-refractivity contribution in [1.29, 1.82) is 0 Å². The van der Waals surface area contributed by atoms with E-state index in [-0.39, 0.29) is 17.5 Å². The Labute approximate surface area is 96.8 Å². The van der Waals surface area contributed by atoms with Crippen LogP contribution in [0.4, 0.5) is 0 Å². The average Bonchev–Trinajstić information content (AvgIpc) is 2.30. The molecule has 0 bridgehead atoms. The van der Waals surface area contributed by atoms with Crippen molar-refractivity contribution < 1.29 is 8.42 Å². The number of aromatic nitrogens is 1. The summed E-state index contributed by atoms with van der Waals surface area (Å²) in [6, 6.07) is 5.40. The van der Waals surface area contributed by atoms with Gasteiger partial charge in [-0.2, -0.15) is 0 Å². The minimum atomic E-state index is -2.87. The van der Waals surface area contributed by atoms with Gasteiger partial charge in [0.25, 0.3) is 0 Å². The fourth-order valence-electron chi connectivity index (χ4n) is 1.41. The zero-order chi connectivity index (χ0) is 12.0. The van der Waals surface area contributed by atoms with Crippen molar-refractivity contribution >= 4 is 9.84 Å². The van der Waals surface area contributed by atoms with E-state index in [1.165, 1.54) is 0 Å². The molecule has 1 aromatic rings. The van der Waals surface area contributed by atoms with Crippen LogP contribution in [0.15, 0.2) is 24.4 Å². The number of nitrogens with two attached hydrogens (primary N) is 1. The van der Waals surface area contributed by atoms with Crippen LogP contribution in [0.3, 0.4) is 0 Å². The van der Waals surface area contributed by atoms with Crippen LogP contribution >= 0.6 is 0 Å². The zero-order valence-electron chi connectivity index (χ0n) is 9.46. The summed E-state index contributed by atoms with van der Waals surface area (Å²) in [5.41, 5.74) is 6.72. The topological polar surface area (TPSA) is 73.0 Å². The van der Waals surface area contributed by atoms with E-state index in [0.29, 0.717) is 12.8 Å². The Bertz CT molecular complexity index is 403. The predicted octanol–water partition coefficient (Wildman–Crippen LogP) is 1.30. The van der Waals surface area contributed by atoms with Gasteiger partial charge in [0.1, 0.15) is 9.84 Å². The quantitative estimate of drug-likeness (QED) is 0.816. The maximum Gasteiger partial charge on any atom is 0.150 e. The summed E-state index contributed by atoms with van der Waals surface area (Å²) in [4.78, 5) is 4.14. The number of sulfone groups is 1. The second kappa shape index (κ2) is 5.96. The Morgan fingerprint density at radius 3 is 2.75 bits per heavy atom. The Balaban J connectivity index is 2.40. The summed E-state index contributed by atoms with van der Waals surface area (Å²) >= 11 is 0. The van der Waals surface area contributed by atoms with Crippen molar-refractivity contribution in [2.45, 2.75) is 25.8 Å². The molecule has 0 spiro atoms. The van der Waals surface area contributed by atoms with Gasteiger partial charge in [0.05, 0.1) is 11.4 Å². The van der Waals surface area contributed by atoms with Gasteiger partial charge >= 0.3 is 0 Å². The van der Waals surface area contributed by atoms with Gasteiger partial charge in [-0.15, -0.1) is 0 Å². The lowest BCUT2D eigenvalue weighted by Gasteiger charge is -2.10. The highest BCUT2D eigenvalue weighted by molar-refractivity contribution is 7.91. The van der Waals surface area contributed by atoms with Gasteiger partial charge in [-0.1, -0.05) is 13.0 Å². The molecule has 1 unspecified atom stereocenters. The number of nitrogens with zero attached hydrogens (tertiary/aromatic N) is 1. The first-order chi connectivity index (χ1) is 7.55. The molecule has 0 radical (unpaired) electrons. The van der Waals surface area contributed by atoms with E-state index in [4.69, 9.17) is 5.73 Å². The zero-order valence-corrected chi connectivity index (χ0v) is 10.3. The fraction of sp³-hybridized carbons (Fsp3) is 0.545. The first-order valence-corrected chi connectivity index (χ1v) is 7.24.